The fourth-order valence-corrected chi connectivity index (χ4v) is 0.536. The van der Waals surface area contributed by atoms with Gasteiger partial charge in [-0.1, -0.05) is 0 Å². The van der Waals surface area contributed by atoms with Gasteiger partial charge in [-0.15, -0.1) is 0 Å². The van der Waals surface area contributed by atoms with E-state index < -0.39 is 43.1 Å². The van der Waals surface area contributed by atoms with Gasteiger partial charge in [0.25, 0.3) is 0 Å². The molecule has 0 aliphatic heterocycles. The normalized spacial score (nSPS) is 11.3. The average molecular weight is 326 g/mol. The molecule has 0 bridgehead atoms. The van der Waals surface area contributed by atoms with E-state index in [1.54, 1.807) is 0 Å². The minimum absolute atomic E-state index is 0.675. The molecule has 2 N–H and O–H groups in total. The molecule has 0 rings (SSSR count). The van der Waals surface area contributed by atoms with Crippen LogP contribution in [-0.4, -0.2) is 43.1 Å². The summed E-state index contributed by atoms with van der Waals surface area (Å²) in [5.74, 6) is -5.35. The molecule has 4 amide bonds. The predicted octanol–water partition coefficient (Wildman–Crippen LogP) is 0.574. The summed E-state index contributed by atoms with van der Waals surface area (Å²) < 4.78 is 77.3. The molecular formula is C7H4F6N2O6. The molecule has 21 heavy (non-hydrogen) atoms. The Morgan fingerprint density at radius 1 is 0.714 bits per heavy atom. The zero-order valence-electron chi connectivity index (χ0n) is 9.42. The molecule has 120 valence electrons. The SMILES string of the molecule is O=C(NC(=O)C(F)(F)F)OCOC(=O)NC(=O)C(F)(F)F. The molecule has 0 radical (unpaired) electrons. The van der Waals surface area contributed by atoms with Crippen molar-refractivity contribution in [3.8, 4) is 0 Å². The molecule has 0 heterocycles. The van der Waals surface area contributed by atoms with Gasteiger partial charge in [0.15, 0.2) is 0 Å². The van der Waals surface area contributed by atoms with E-state index in [1.807, 2.05) is 0 Å². The van der Waals surface area contributed by atoms with Crippen molar-refractivity contribution >= 4 is 24.0 Å². The van der Waals surface area contributed by atoms with Gasteiger partial charge in [0.1, 0.15) is 0 Å². The Bertz CT molecular complexity index is 404. The van der Waals surface area contributed by atoms with Crippen LogP contribution in [0.4, 0.5) is 35.9 Å². The Hall–Kier alpha value is -2.54. The highest BCUT2D eigenvalue weighted by Gasteiger charge is 2.41. The largest absolute Gasteiger partial charge is 0.471 e. The van der Waals surface area contributed by atoms with Crippen LogP contribution in [0.5, 0.6) is 0 Å². The van der Waals surface area contributed by atoms with Crippen LogP contribution in [0.1, 0.15) is 0 Å². The van der Waals surface area contributed by atoms with E-state index >= 15 is 0 Å². The Morgan fingerprint density at radius 3 is 1.24 bits per heavy atom. The molecule has 0 saturated heterocycles. The van der Waals surface area contributed by atoms with Gasteiger partial charge in [0.05, 0.1) is 0 Å². The van der Waals surface area contributed by atoms with Crippen molar-refractivity contribution in [1.82, 2.24) is 10.6 Å². The Kier molecular flexibility index (Phi) is 5.94. The van der Waals surface area contributed by atoms with Gasteiger partial charge >= 0.3 is 36.4 Å². The highest BCUT2D eigenvalue weighted by atomic mass is 19.4. The number of carbonyl (C=O) groups excluding carboxylic acids is 4. The molecule has 0 aromatic carbocycles. The number of amides is 4. The van der Waals surface area contributed by atoms with Gasteiger partial charge in [-0.3, -0.25) is 20.2 Å². The van der Waals surface area contributed by atoms with Crippen LogP contribution in [0.25, 0.3) is 0 Å². The third-order valence-electron chi connectivity index (χ3n) is 1.33. The van der Waals surface area contributed by atoms with E-state index in [0.717, 1.165) is 0 Å². The lowest BCUT2D eigenvalue weighted by atomic mass is 10.6. The quantitative estimate of drug-likeness (QED) is 0.567. The van der Waals surface area contributed by atoms with Crippen LogP contribution in [0.3, 0.4) is 0 Å². The standard InChI is InChI=1S/C7H4F6N2O6/c8-6(9,10)2(16)14-4(18)20-1-21-5(19)15-3(17)7(11,12)13/h1H2,(H,14,16,18)(H,15,17,19). The maximum atomic E-state index is 11.7. The van der Waals surface area contributed by atoms with Crippen molar-refractivity contribution in [2.24, 2.45) is 0 Å². The smallest absolute Gasteiger partial charge is 0.411 e. The third-order valence-corrected chi connectivity index (χ3v) is 1.33. The van der Waals surface area contributed by atoms with Crippen LogP contribution in [-0.2, 0) is 19.1 Å². The van der Waals surface area contributed by atoms with Crippen molar-refractivity contribution in [2.45, 2.75) is 12.4 Å². The summed E-state index contributed by atoms with van der Waals surface area (Å²) >= 11 is 0. The minimum atomic E-state index is -5.38. The average Bonchev–Trinajstić information content (AvgIpc) is 2.25. The molecule has 0 aliphatic rings. The number of alkyl carbamates (subject to hydrolysis) is 2. The second kappa shape index (κ2) is 6.76. The second-order valence-electron chi connectivity index (χ2n) is 2.89. The molecule has 0 aromatic rings. The van der Waals surface area contributed by atoms with Crippen molar-refractivity contribution in [1.29, 1.82) is 0 Å². The van der Waals surface area contributed by atoms with Crippen molar-refractivity contribution < 1.29 is 55.0 Å². The van der Waals surface area contributed by atoms with Gasteiger partial charge in [0.2, 0.25) is 6.79 Å². The number of hydrogen-bond acceptors (Lipinski definition) is 6. The molecule has 0 saturated carbocycles. The van der Waals surface area contributed by atoms with E-state index in [1.165, 1.54) is 0 Å². The fourth-order valence-electron chi connectivity index (χ4n) is 0.536. The summed E-state index contributed by atoms with van der Waals surface area (Å²) in [4.78, 5) is 41.5. The first kappa shape index (κ1) is 18.5. The Balaban J connectivity index is 4.05. The molecular weight excluding hydrogens is 322 g/mol. The van der Waals surface area contributed by atoms with Crippen LogP contribution in [0.15, 0.2) is 0 Å². The van der Waals surface area contributed by atoms with Crippen molar-refractivity contribution in [2.75, 3.05) is 6.79 Å². The molecule has 0 aliphatic carbocycles. The van der Waals surface area contributed by atoms with Gasteiger partial charge < -0.3 is 9.47 Å². The topological polar surface area (TPSA) is 111 Å². The summed E-state index contributed by atoms with van der Waals surface area (Å²) in [6, 6.07) is 0. The van der Waals surface area contributed by atoms with E-state index in [9.17, 15) is 45.5 Å². The number of imide groups is 2. The minimum Gasteiger partial charge on any atom is -0.411 e. The first-order valence-corrected chi connectivity index (χ1v) is 4.44. The summed E-state index contributed by atoms with van der Waals surface area (Å²) in [6.07, 6.45) is -14.7. The molecule has 0 unspecified atom stereocenters. The van der Waals surface area contributed by atoms with Crippen LogP contribution in [0, 0.1) is 0 Å². The third kappa shape index (κ3) is 7.58. The van der Waals surface area contributed by atoms with Crippen LogP contribution < -0.4 is 10.6 Å². The first-order chi connectivity index (χ1) is 9.34. The molecule has 14 heteroatoms. The maximum Gasteiger partial charge on any atom is 0.471 e. The second-order valence-corrected chi connectivity index (χ2v) is 2.89. The molecule has 0 aromatic heterocycles. The first-order valence-electron chi connectivity index (χ1n) is 4.44. The number of nitrogens with one attached hydrogen (secondary N) is 2. The lowest BCUT2D eigenvalue weighted by molar-refractivity contribution is -0.173. The maximum absolute atomic E-state index is 11.7. The summed E-state index contributed by atoms with van der Waals surface area (Å²) in [6.45, 7) is -1.45. The zero-order valence-corrected chi connectivity index (χ0v) is 9.42. The van der Waals surface area contributed by atoms with E-state index in [2.05, 4.69) is 9.47 Å². The lowest BCUT2D eigenvalue weighted by Crippen LogP contribution is -2.42. The van der Waals surface area contributed by atoms with Gasteiger partial charge in [-0.2, -0.15) is 26.3 Å². The van der Waals surface area contributed by atoms with Crippen LogP contribution in [0.2, 0.25) is 0 Å². The fraction of sp³-hybridized carbons (Fsp3) is 0.429. The number of carbonyl (C=O) groups is 4. The monoisotopic (exact) mass is 326 g/mol. The molecule has 0 fully saturated rings. The van der Waals surface area contributed by atoms with Crippen LogP contribution >= 0.6 is 0 Å². The molecule has 8 nitrogen and oxygen atoms in total. The zero-order chi connectivity index (χ0) is 16.8. The lowest BCUT2D eigenvalue weighted by Gasteiger charge is -2.09. The van der Waals surface area contributed by atoms with Gasteiger partial charge in [0, 0.05) is 0 Å². The van der Waals surface area contributed by atoms with Gasteiger partial charge in [-0.05, 0) is 0 Å². The van der Waals surface area contributed by atoms with E-state index in [-0.39, 0.29) is 0 Å². The molecule has 0 atom stereocenters. The van der Waals surface area contributed by atoms with E-state index in [0.29, 0.717) is 10.6 Å². The van der Waals surface area contributed by atoms with Crippen molar-refractivity contribution in [3.63, 3.8) is 0 Å². The summed E-state index contributed by atoms with van der Waals surface area (Å²) in [5.41, 5.74) is 0. The van der Waals surface area contributed by atoms with Gasteiger partial charge in [-0.25, -0.2) is 9.59 Å². The van der Waals surface area contributed by atoms with E-state index in [4.69, 9.17) is 0 Å². The number of ether oxygens (including phenoxy) is 2. The van der Waals surface area contributed by atoms with Crippen molar-refractivity contribution in [3.05, 3.63) is 0 Å². The summed E-state index contributed by atoms with van der Waals surface area (Å²) in [5, 5.41) is 1.35. The molecule has 0 spiro atoms. The number of rotatable bonds is 2. The number of alkyl halides is 6. The highest BCUT2D eigenvalue weighted by molar-refractivity contribution is 5.95. The number of hydrogen-bond donors (Lipinski definition) is 2. The highest BCUT2D eigenvalue weighted by Crippen LogP contribution is 2.14. The Labute approximate surface area is 110 Å². The predicted molar refractivity (Wildman–Crippen MR) is 46.2 cm³/mol. The number of halogens is 6. The summed E-state index contributed by atoms with van der Waals surface area (Å²) in [7, 11) is 0. The Morgan fingerprint density at radius 2 is 1.00 bits per heavy atom.